The zero-order chi connectivity index (χ0) is 22.9. The number of ether oxygens (including phenoxy) is 1. The Hall–Kier alpha value is -2.71. The number of anilines is 1. The number of para-hydroxylation sites is 1. The smallest absolute Gasteiger partial charge is 0.252 e. The number of hydrogen-bond donors (Lipinski definition) is 0. The first-order valence-electron chi connectivity index (χ1n) is 10.8. The zero-order valence-corrected chi connectivity index (χ0v) is 19.5. The summed E-state index contributed by atoms with van der Waals surface area (Å²) in [4.78, 5) is 45.8. The van der Waals surface area contributed by atoms with Crippen LogP contribution in [0.2, 0.25) is 0 Å². The van der Waals surface area contributed by atoms with E-state index >= 15 is 0 Å². The molecule has 8 heteroatoms. The molecule has 1 aromatic carbocycles. The fraction of sp³-hybridized carbons (Fsp3) is 0.458. The largest absolute Gasteiger partial charge is 0.371 e. The van der Waals surface area contributed by atoms with Crippen molar-refractivity contribution >= 4 is 34.7 Å². The molecule has 32 heavy (non-hydrogen) atoms. The minimum Gasteiger partial charge on any atom is -0.371 e. The molecule has 0 bridgehead atoms. The molecule has 2 aromatic rings. The summed E-state index contributed by atoms with van der Waals surface area (Å²) in [5, 5.41) is 1.97. The molecule has 0 unspecified atom stereocenters. The van der Waals surface area contributed by atoms with E-state index in [1.165, 1.54) is 7.11 Å². The van der Waals surface area contributed by atoms with Gasteiger partial charge in [0.05, 0.1) is 17.9 Å². The van der Waals surface area contributed by atoms with Gasteiger partial charge in [0.15, 0.2) is 0 Å². The number of benzene rings is 1. The average molecular weight is 456 g/mol. The van der Waals surface area contributed by atoms with Gasteiger partial charge in [0, 0.05) is 44.9 Å². The molecule has 1 aromatic heterocycles. The van der Waals surface area contributed by atoms with Crippen LogP contribution < -0.4 is 4.90 Å². The van der Waals surface area contributed by atoms with Crippen molar-refractivity contribution in [3.63, 3.8) is 0 Å². The highest BCUT2D eigenvalue weighted by Gasteiger charge is 2.61. The van der Waals surface area contributed by atoms with Crippen LogP contribution in [0.1, 0.15) is 17.7 Å². The van der Waals surface area contributed by atoms with Gasteiger partial charge >= 0.3 is 0 Å². The van der Waals surface area contributed by atoms with E-state index in [4.69, 9.17) is 4.74 Å². The second-order valence-corrected chi connectivity index (χ2v) is 9.54. The normalized spacial score (nSPS) is 22.4. The molecular formula is C24H29N3O4S. The van der Waals surface area contributed by atoms with Crippen LogP contribution in [0.25, 0.3) is 0 Å². The number of amides is 3. The molecule has 0 N–H and O–H groups in total. The van der Waals surface area contributed by atoms with Gasteiger partial charge < -0.3 is 19.4 Å². The van der Waals surface area contributed by atoms with Crippen molar-refractivity contribution in [3.8, 4) is 0 Å². The van der Waals surface area contributed by atoms with Crippen LogP contribution in [-0.4, -0.2) is 73.5 Å². The van der Waals surface area contributed by atoms with E-state index in [-0.39, 0.29) is 17.7 Å². The van der Waals surface area contributed by atoms with Gasteiger partial charge in [0.1, 0.15) is 6.10 Å². The van der Waals surface area contributed by atoms with E-state index in [0.717, 1.165) is 10.6 Å². The molecule has 0 saturated carbocycles. The Balaban J connectivity index is 1.56. The minimum atomic E-state index is -0.827. The molecule has 170 valence electrons. The maximum atomic E-state index is 13.7. The highest BCUT2D eigenvalue weighted by atomic mass is 32.1. The van der Waals surface area contributed by atoms with Crippen molar-refractivity contribution in [1.82, 2.24) is 9.80 Å². The number of methoxy groups -OCH3 is 1. The third kappa shape index (κ3) is 3.82. The lowest BCUT2D eigenvalue weighted by molar-refractivity contribution is -0.138. The fourth-order valence-corrected chi connectivity index (χ4v) is 5.79. The lowest BCUT2D eigenvalue weighted by Crippen LogP contribution is -2.59. The molecule has 2 fully saturated rings. The van der Waals surface area contributed by atoms with Crippen LogP contribution in [0.4, 0.5) is 5.69 Å². The van der Waals surface area contributed by atoms with E-state index in [1.54, 1.807) is 35.2 Å². The molecular weight excluding hydrogens is 426 g/mol. The topological polar surface area (TPSA) is 70.2 Å². The van der Waals surface area contributed by atoms with Gasteiger partial charge in [0.2, 0.25) is 11.8 Å². The van der Waals surface area contributed by atoms with Crippen LogP contribution >= 0.6 is 11.3 Å². The Morgan fingerprint density at radius 1 is 1.16 bits per heavy atom. The molecule has 2 atom stereocenters. The highest BCUT2D eigenvalue weighted by molar-refractivity contribution is 7.10. The van der Waals surface area contributed by atoms with Gasteiger partial charge in [-0.15, -0.1) is 11.3 Å². The molecule has 2 saturated heterocycles. The fourth-order valence-electron chi connectivity index (χ4n) is 5.09. The predicted octanol–water partition coefficient (Wildman–Crippen LogP) is 2.42. The summed E-state index contributed by atoms with van der Waals surface area (Å²) >= 11 is 1.58. The molecule has 0 radical (unpaired) electrons. The van der Waals surface area contributed by atoms with Crippen molar-refractivity contribution in [3.05, 3.63) is 52.7 Å². The van der Waals surface area contributed by atoms with Gasteiger partial charge in [0.25, 0.3) is 5.91 Å². The summed E-state index contributed by atoms with van der Waals surface area (Å²) < 4.78 is 5.57. The monoisotopic (exact) mass is 455 g/mol. The van der Waals surface area contributed by atoms with Crippen molar-refractivity contribution in [1.29, 1.82) is 0 Å². The first-order chi connectivity index (χ1) is 15.4. The molecule has 4 rings (SSSR count). The first kappa shape index (κ1) is 22.5. The van der Waals surface area contributed by atoms with Gasteiger partial charge in [-0.05, 0) is 36.4 Å². The molecule has 2 aliphatic heterocycles. The lowest BCUT2D eigenvalue weighted by atomic mass is 9.75. The number of carbonyl (C=O) groups excluding carboxylic acids is 3. The maximum absolute atomic E-state index is 13.7. The molecule has 1 spiro atoms. The quantitative estimate of drug-likeness (QED) is 0.694. The summed E-state index contributed by atoms with van der Waals surface area (Å²) in [5.41, 5.74) is 0.102. The molecule has 2 aliphatic rings. The molecule has 0 aliphatic carbocycles. The van der Waals surface area contributed by atoms with E-state index in [9.17, 15) is 14.4 Å². The summed E-state index contributed by atoms with van der Waals surface area (Å²) in [6, 6.07) is 13.3. The summed E-state index contributed by atoms with van der Waals surface area (Å²) in [6.07, 6.45) is 0.653. The lowest BCUT2D eigenvalue weighted by Gasteiger charge is -2.46. The first-order valence-corrected chi connectivity index (χ1v) is 11.7. The van der Waals surface area contributed by atoms with Gasteiger partial charge in [-0.1, -0.05) is 24.3 Å². The summed E-state index contributed by atoms with van der Waals surface area (Å²) in [6.45, 7) is 1.02. The highest BCUT2D eigenvalue weighted by Crippen LogP contribution is 2.45. The number of rotatable bonds is 5. The van der Waals surface area contributed by atoms with Crippen molar-refractivity contribution in [2.24, 2.45) is 5.92 Å². The van der Waals surface area contributed by atoms with Crippen LogP contribution in [-0.2, 0) is 25.5 Å². The Kier molecular flexibility index (Phi) is 6.35. The number of hydrogen-bond acceptors (Lipinski definition) is 5. The van der Waals surface area contributed by atoms with Crippen molar-refractivity contribution in [2.75, 3.05) is 39.2 Å². The molecule has 3 heterocycles. The van der Waals surface area contributed by atoms with Gasteiger partial charge in [-0.2, -0.15) is 0 Å². The average Bonchev–Trinajstić information content (AvgIpc) is 3.40. The van der Waals surface area contributed by atoms with Crippen molar-refractivity contribution < 1.29 is 19.1 Å². The third-order valence-corrected chi connectivity index (χ3v) is 7.88. The second kappa shape index (κ2) is 9.03. The number of thiophene rings is 1. The third-order valence-electron chi connectivity index (χ3n) is 7.01. The maximum Gasteiger partial charge on any atom is 0.252 e. The van der Waals surface area contributed by atoms with Gasteiger partial charge in [-0.25, -0.2) is 0 Å². The number of likely N-dealkylation sites (N-methyl/N-ethyl adjacent to an activating group) is 1. The Labute approximate surface area is 192 Å². The minimum absolute atomic E-state index is 0.0850. The standard InChI is InChI=1S/C24H29N3O4S/c1-25(17-8-5-4-6-9-17)22(29)20-21(31-3)23(30)26(2)24(20)11-13-27(14-12-24)19(28)16-18-10-7-15-32-18/h4-10,15,20-21H,11-14,16H2,1-3H3/t20-,21+/m0/s1. The molecule has 3 amide bonds. The second-order valence-electron chi connectivity index (χ2n) is 8.50. The van der Waals surface area contributed by atoms with Crippen LogP contribution in [0.5, 0.6) is 0 Å². The number of likely N-dealkylation sites (tertiary alicyclic amines) is 2. The van der Waals surface area contributed by atoms with Gasteiger partial charge in [-0.3, -0.25) is 14.4 Å². The van der Waals surface area contributed by atoms with Crippen LogP contribution in [0, 0.1) is 5.92 Å². The Morgan fingerprint density at radius 2 is 1.84 bits per heavy atom. The van der Waals surface area contributed by atoms with E-state index < -0.39 is 17.6 Å². The SMILES string of the molecule is CO[C@H]1C(=O)N(C)C2(CCN(C(=O)Cc3cccs3)CC2)[C@@H]1C(=O)N(C)c1ccccc1. The van der Waals surface area contributed by atoms with E-state index in [2.05, 4.69) is 0 Å². The Bertz CT molecular complexity index is 970. The summed E-state index contributed by atoms with van der Waals surface area (Å²) in [7, 11) is 4.98. The van der Waals surface area contributed by atoms with Crippen LogP contribution in [0.15, 0.2) is 47.8 Å². The van der Waals surface area contributed by atoms with E-state index in [0.29, 0.717) is 32.4 Å². The predicted molar refractivity (Wildman–Crippen MR) is 123 cm³/mol. The molecule has 7 nitrogen and oxygen atoms in total. The van der Waals surface area contributed by atoms with E-state index in [1.807, 2.05) is 52.7 Å². The van der Waals surface area contributed by atoms with Crippen molar-refractivity contribution in [2.45, 2.75) is 30.9 Å². The zero-order valence-electron chi connectivity index (χ0n) is 18.7. The number of piperidine rings is 1. The summed E-state index contributed by atoms with van der Waals surface area (Å²) in [5.74, 6) is -0.864. The Morgan fingerprint density at radius 3 is 2.44 bits per heavy atom. The number of carbonyl (C=O) groups is 3. The van der Waals surface area contributed by atoms with Crippen LogP contribution in [0.3, 0.4) is 0 Å². The number of nitrogens with zero attached hydrogens (tertiary/aromatic N) is 3.